The van der Waals surface area contributed by atoms with Gasteiger partial charge in [0, 0.05) is 17.4 Å². The van der Waals surface area contributed by atoms with Crippen LogP contribution < -0.4 is 5.32 Å². The summed E-state index contributed by atoms with van der Waals surface area (Å²) >= 11 is 0. The average Bonchev–Trinajstić information content (AvgIpc) is 2.92. The van der Waals surface area contributed by atoms with Crippen molar-refractivity contribution in [3.05, 3.63) is 71.4 Å². The number of nitrogens with one attached hydrogen (secondary N) is 2. The highest BCUT2D eigenvalue weighted by Gasteiger charge is 2.09. The fourth-order valence-corrected chi connectivity index (χ4v) is 2.29. The van der Waals surface area contributed by atoms with E-state index in [1.54, 1.807) is 24.3 Å². The molecule has 0 aliphatic carbocycles. The number of benzene rings is 2. The van der Waals surface area contributed by atoms with Crippen LogP contribution in [0.3, 0.4) is 0 Å². The number of aromatic nitrogens is 1. The summed E-state index contributed by atoms with van der Waals surface area (Å²) in [4.78, 5) is 15.0. The van der Waals surface area contributed by atoms with Crippen LogP contribution in [0.2, 0.25) is 0 Å². The van der Waals surface area contributed by atoms with Crippen LogP contribution in [0.25, 0.3) is 10.9 Å². The van der Waals surface area contributed by atoms with Crippen molar-refractivity contribution in [1.82, 2.24) is 10.3 Å². The lowest BCUT2D eigenvalue weighted by atomic mass is 10.1. The highest BCUT2D eigenvalue weighted by molar-refractivity contribution is 5.97. The predicted molar refractivity (Wildman–Crippen MR) is 80.7 cm³/mol. The Balaban J connectivity index is 1.62. The molecule has 1 amide bonds. The molecule has 22 heavy (non-hydrogen) atoms. The summed E-state index contributed by atoms with van der Waals surface area (Å²) in [6.45, 7) is 0.439. The quantitative estimate of drug-likeness (QED) is 0.762. The first-order chi connectivity index (χ1) is 10.6. The fourth-order valence-electron chi connectivity index (χ4n) is 2.29. The Labute approximate surface area is 126 Å². The Kier molecular flexibility index (Phi) is 3.87. The number of aromatic amines is 1. The van der Waals surface area contributed by atoms with E-state index in [1.165, 1.54) is 24.3 Å². The summed E-state index contributed by atoms with van der Waals surface area (Å²) in [5, 5.41) is 3.44. The number of amides is 1. The summed E-state index contributed by atoms with van der Waals surface area (Å²) in [6.07, 6.45) is 0.612. The van der Waals surface area contributed by atoms with Crippen molar-refractivity contribution in [2.75, 3.05) is 6.54 Å². The number of carbonyl (C=O) groups is 1. The number of fused-ring (bicyclic) bond motifs is 1. The largest absolute Gasteiger partial charge is 0.351 e. The molecule has 112 valence electrons. The monoisotopic (exact) mass is 300 g/mol. The smallest absolute Gasteiger partial charge is 0.267 e. The van der Waals surface area contributed by atoms with Crippen molar-refractivity contribution in [1.29, 1.82) is 0 Å². The van der Waals surface area contributed by atoms with E-state index < -0.39 is 0 Å². The Bertz CT molecular complexity index is 809. The van der Waals surface area contributed by atoms with E-state index in [9.17, 15) is 13.6 Å². The van der Waals surface area contributed by atoms with E-state index in [1.807, 2.05) is 0 Å². The lowest BCUT2D eigenvalue weighted by Gasteiger charge is -2.04. The second-order valence-corrected chi connectivity index (χ2v) is 5.05. The Hall–Kier alpha value is -2.69. The van der Waals surface area contributed by atoms with Gasteiger partial charge in [0.15, 0.2) is 0 Å². The minimum atomic E-state index is -0.338. The molecular weight excluding hydrogens is 286 g/mol. The van der Waals surface area contributed by atoms with Gasteiger partial charge in [0.1, 0.15) is 17.3 Å². The van der Waals surface area contributed by atoms with Gasteiger partial charge in [-0.05, 0) is 48.4 Å². The standard InChI is InChI=1S/C17H14F2N2O/c18-13-3-1-11(2-4-13)7-8-20-17(22)16-10-12-9-14(19)5-6-15(12)21-16/h1-6,9-10,21H,7-8H2,(H,20,22). The number of carbonyl (C=O) groups excluding carboxylic acids is 1. The normalized spacial score (nSPS) is 10.8. The van der Waals surface area contributed by atoms with E-state index in [0.29, 0.717) is 29.6 Å². The maximum Gasteiger partial charge on any atom is 0.267 e. The molecule has 2 N–H and O–H groups in total. The first kappa shape index (κ1) is 14.3. The van der Waals surface area contributed by atoms with Crippen molar-refractivity contribution in [2.45, 2.75) is 6.42 Å². The molecule has 3 nitrogen and oxygen atoms in total. The molecule has 0 saturated heterocycles. The van der Waals surface area contributed by atoms with Crippen molar-refractivity contribution < 1.29 is 13.6 Å². The van der Waals surface area contributed by atoms with E-state index in [4.69, 9.17) is 0 Å². The molecule has 0 atom stereocenters. The molecule has 0 saturated carbocycles. The van der Waals surface area contributed by atoms with Crippen molar-refractivity contribution in [3.8, 4) is 0 Å². The van der Waals surface area contributed by atoms with Crippen molar-refractivity contribution in [3.63, 3.8) is 0 Å². The molecule has 0 unspecified atom stereocenters. The molecule has 5 heteroatoms. The maximum absolute atomic E-state index is 13.1. The van der Waals surface area contributed by atoms with E-state index in [0.717, 1.165) is 5.56 Å². The first-order valence-corrected chi connectivity index (χ1v) is 6.93. The molecule has 1 heterocycles. The molecule has 3 aromatic rings. The zero-order valence-corrected chi connectivity index (χ0v) is 11.7. The van der Waals surface area contributed by atoms with Crippen LogP contribution in [-0.4, -0.2) is 17.4 Å². The van der Waals surface area contributed by atoms with E-state index in [-0.39, 0.29) is 17.5 Å². The molecule has 0 aliphatic heterocycles. The Morgan fingerprint density at radius 1 is 1.00 bits per heavy atom. The van der Waals surface area contributed by atoms with Crippen molar-refractivity contribution >= 4 is 16.8 Å². The fraction of sp³-hybridized carbons (Fsp3) is 0.118. The number of H-pyrrole nitrogens is 1. The van der Waals surface area contributed by atoms with Crippen LogP contribution in [-0.2, 0) is 6.42 Å². The van der Waals surface area contributed by atoms with Gasteiger partial charge < -0.3 is 10.3 Å². The lowest BCUT2D eigenvalue weighted by Crippen LogP contribution is -2.25. The highest BCUT2D eigenvalue weighted by Crippen LogP contribution is 2.16. The van der Waals surface area contributed by atoms with Crippen LogP contribution in [0.4, 0.5) is 8.78 Å². The summed E-state index contributed by atoms with van der Waals surface area (Å²) < 4.78 is 25.9. The van der Waals surface area contributed by atoms with Gasteiger partial charge in [-0.3, -0.25) is 4.79 Å². The SMILES string of the molecule is O=C(NCCc1ccc(F)cc1)c1cc2cc(F)ccc2[nH]1. The van der Waals surface area contributed by atoms with Crippen LogP contribution in [0, 0.1) is 11.6 Å². The number of hydrogen-bond acceptors (Lipinski definition) is 1. The topological polar surface area (TPSA) is 44.9 Å². The molecule has 0 radical (unpaired) electrons. The number of hydrogen-bond donors (Lipinski definition) is 2. The minimum Gasteiger partial charge on any atom is -0.351 e. The third kappa shape index (κ3) is 3.14. The van der Waals surface area contributed by atoms with Crippen molar-refractivity contribution in [2.24, 2.45) is 0 Å². The van der Waals surface area contributed by atoms with Crippen LogP contribution in [0.1, 0.15) is 16.1 Å². The van der Waals surface area contributed by atoms with Gasteiger partial charge in [0.25, 0.3) is 5.91 Å². The lowest BCUT2D eigenvalue weighted by molar-refractivity contribution is 0.0950. The van der Waals surface area contributed by atoms with Gasteiger partial charge in [0.05, 0.1) is 0 Å². The molecule has 0 fully saturated rings. The molecular formula is C17H14F2N2O. The van der Waals surface area contributed by atoms with Gasteiger partial charge in [-0.1, -0.05) is 12.1 Å². The van der Waals surface area contributed by atoms with Gasteiger partial charge in [-0.15, -0.1) is 0 Å². The van der Waals surface area contributed by atoms with Crippen LogP contribution in [0.15, 0.2) is 48.5 Å². The van der Waals surface area contributed by atoms with E-state index >= 15 is 0 Å². The van der Waals surface area contributed by atoms with Gasteiger partial charge in [-0.25, -0.2) is 8.78 Å². The maximum atomic E-state index is 13.1. The molecule has 0 aliphatic rings. The van der Waals surface area contributed by atoms with Gasteiger partial charge >= 0.3 is 0 Å². The van der Waals surface area contributed by atoms with Gasteiger partial charge in [0.2, 0.25) is 0 Å². The van der Waals surface area contributed by atoms with Crippen LogP contribution >= 0.6 is 0 Å². The predicted octanol–water partition coefficient (Wildman–Crippen LogP) is 3.42. The molecule has 3 rings (SSSR count). The molecule has 2 aromatic carbocycles. The minimum absolute atomic E-state index is 0.251. The first-order valence-electron chi connectivity index (χ1n) is 6.93. The van der Waals surface area contributed by atoms with Crippen LogP contribution in [0.5, 0.6) is 0 Å². The molecule has 0 spiro atoms. The summed E-state index contributed by atoms with van der Waals surface area (Å²) in [7, 11) is 0. The number of rotatable bonds is 4. The third-order valence-electron chi connectivity index (χ3n) is 3.44. The average molecular weight is 300 g/mol. The number of halogens is 2. The summed E-state index contributed by atoms with van der Waals surface area (Å²) in [5.41, 5.74) is 2.05. The zero-order valence-electron chi connectivity index (χ0n) is 11.7. The Morgan fingerprint density at radius 3 is 2.50 bits per heavy atom. The Morgan fingerprint density at radius 2 is 1.73 bits per heavy atom. The molecule has 0 bridgehead atoms. The van der Waals surface area contributed by atoms with E-state index in [2.05, 4.69) is 10.3 Å². The second kappa shape index (κ2) is 5.97. The second-order valence-electron chi connectivity index (χ2n) is 5.05. The summed E-state index contributed by atoms with van der Waals surface area (Å²) in [5.74, 6) is -0.869. The molecule has 1 aromatic heterocycles. The highest BCUT2D eigenvalue weighted by atomic mass is 19.1. The zero-order chi connectivity index (χ0) is 15.5. The third-order valence-corrected chi connectivity index (χ3v) is 3.44. The summed E-state index contributed by atoms with van der Waals surface area (Å²) in [6, 6.07) is 12.1. The van der Waals surface area contributed by atoms with Gasteiger partial charge in [-0.2, -0.15) is 0 Å².